The second-order valence-corrected chi connectivity index (χ2v) is 7.74. The van der Waals surface area contributed by atoms with Crippen LogP contribution in [-0.2, 0) is 0 Å². The first-order chi connectivity index (χ1) is 12.7. The molecule has 0 bridgehead atoms. The molecule has 0 aliphatic carbocycles. The number of piperazine rings is 1. The summed E-state index contributed by atoms with van der Waals surface area (Å²) in [7, 11) is 2.19. The molecular formula is C21H29N5. The van der Waals surface area contributed by atoms with Crippen LogP contribution in [0.5, 0.6) is 0 Å². The Bertz CT molecular complexity index is 676. The number of benzene rings is 1. The highest BCUT2D eigenvalue weighted by Gasteiger charge is 2.22. The van der Waals surface area contributed by atoms with Gasteiger partial charge in [0.05, 0.1) is 5.69 Å². The van der Waals surface area contributed by atoms with Crippen LogP contribution in [0.2, 0.25) is 0 Å². The summed E-state index contributed by atoms with van der Waals surface area (Å²) in [6.07, 6.45) is 2.45. The smallest absolute Gasteiger partial charge is 0.227 e. The third-order valence-corrected chi connectivity index (χ3v) is 5.66. The third kappa shape index (κ3) is 3.83. The second-order valence-electron chi connectivity index (χ2n) is 7.74. The van der Waals surface area contributed by atoms with E-state index in [1.807, 2.05) is 0 Å². The Hall–Kier alpha value is -2.14. The summed E-state index contributed by atoms with van der Waals surface area (Å²) in [6, 6.07) is 12.6. The fraction of sp³-hybridized carbons (Fsp3) is 0.524. The lowest BCUT2D eigenvalue weighted by atomic mass is 10.00. The first kappa shape index (κ1) is 17.3. The lowest BCUT2D eigenvalue weighted by Gasteiger charge is -2.35. The zero-order chi connectivity index (χ0) is 17.9. The molecular weight excluding hydrogens is 322 g/mol. The van der Waals surface area contributed by atoms with Crippen LogP contribution in [0.3, 0.4) is 0 Å². The average molecular weight is 351 g/mol. The van der Waals surface area contributed by atoms with Crippen LogP contribution in [0.1, 0.15) is 19.8 Å². The van der Waals surface area contributed by atoms with E-state index >= 15 is 0 Å². The van der Waals surface area contributed by atoms with Crippen LogP contribution in [0.4, 0.5) is 11.8 Å². The van der Waals surface area contributed by atoms with Crippen molar-refractivity contribution in [3.05, 3.63) is 36.4 Å². The summed E-state index contributed by atoms with van der Waals surface area (Å²) in [4.78, 5) is 17.1. The monoisotopic (exact) mass is 351 g/mol. The molecule has 5 nitrogen and oxygen atoms in total. The molecule has 2 aliphatic heterocycles. The molecule has 0 saturated carbocycles. The van der Waals surface area contributed by atoms with Gasteiger partial charge in [0.15, 0.2) is 0 Å². The number of nitrogens with zero attached hydrogens (tertiary/aromatic N) is 5. The zero-order valence-electron chi connectivity index (χ0n) is 15.9. The molecule has 0 unspecified atom stereocenters. The maximum absolute atomic E-state index is 4.98. The van der Waals surface area contributed by atoms with E-state index in [1.54, 1.807) is 0 Å². The van der Waals surface area contributed by atoms with E-state index in [0.717, 1.165) is 68.2 Å². The standard InChI is InChI=1S/C21H29N5/c1-17-8-10-26(11-9-17)21-22-19(18-6-4-3-5-7-18)16-20(23-21)25-14-12-24(2)13-15-25/h3-7,16-17H,8-15H2,1-2H3. The van der Waals surface area contributed by atoms with Crippen molar-refractivity contribution in [3.63, 3.8) is 0 Å². The predicted molar refractivity (Wildman–Crippen MR) is 108 cm³/mol. The molecule has 4 rings (SSSR count). The fourth-order valence-corrected chi connectivity index (χ4v) is 3.73. The second kappa shape index (κ2) is 7.62. The van der Waals surface area contributed by atoms with Crippen LogP contribution in [0.25, 0.3) is 11.3 Å². The number of anilines is 2. The quantitative estimate of drug-likeness (QED) is 0.849. The molecule has 1 aromatic heterocycles. The molecule has 2 aromatic rings. The van der Waals surface area contributed by atoms with Gasteiger partial charge in [0.2, 0.25) is 5.95 Å². The summed E-state index contributed by atoms with van der Waals surface area (Å²) in [5, 5.41) is 0. The van der Waals surface area contributed by atoms with E-state index in [0.29, 0.717) is 0 Å². The molecule has 0 N–H and O–H groups in total. The minimum absolute atomic E-state index is 0.806. The van der Waals surface area contributed by atoms with E-state index in [2.05, 4.69) is 65.1 Å². The van der Waals surface area contributed by atoms with Gasteiger partial charge in [-0.25, -0.2) is 4.98 Å². The first-order valence-electron chi connectivity index (χ1n) is 9.82. The van der Waals surface area contributed by atoms with Gasteiger partial charge in [-0.1, -0.05) is 37.3 Å². The molecule has 3 heterocycles. The van der Waals surface area contributed by atoms with Crippen molar-refractivity contribution in [2.45, 2.75) is 19.8 Å². The van der Waals surface area contributed by atoms with Crippen LogP contribution >= 0.6 is 0 Å². The number of hydrogen-bond acceptors (Lipinski definition) is 5. The summed E-state index contributed by atoms with van der Waals surface area (Å²) in [6.45, 7) is 8.68. The van der Waals surface area contributed by atoms with Crippen molar-refractivity contribution >= 4 is 11.8 Å². The van der Waals surface area contributed by atoms with Gasteiger partial charge in [-0.05, 0) is 25.8 Å². The lowest BCUT2D eigenvalue weighted by Crippen LogP contribution is -2.45. The Morgan fingerprint density at radius 3 is 2.23 bits per heavy atom. The van der Waals surface area contributed by atoms with Crippen molar-refractivity contribution in [1.29, 1.82) is 0 Å². The van der Waals surface area contributed by atoms with Crippen molar-refractivity contribution in [2.75, 3.05) is 56.1 Å². The van der Waals surface area contributed by atoms with Crippen molar-refractivity contribution in [1.82, 2.24) is 14.9 Å². The third-order valence-electron chi connectivity index (χ3n) is 5.66. The summed E-state index contributed by atoms with van der Waals surface area (Å²) >= 11 is 0. The Morgan fingerprint density at radius 2 is 1.54 bits per heavy atom. The molecule has 26 heavy (non-hydrogen) atoms. The van der Waals surface area contributed by atoms with Crippen molar-refractivity contribution in [3.8, 4) is 11.3 Å². The number of rotatable bonds is 3. The Balaban J connectivity index is 1.67. The predicted octanol–water partition coefficient (Wildman–Crippen LogP) is 3.13. The molecule has 5 heteroatoms. The van der Waals surface area contributed by atoms with Gasteiger partial charge < -0.3 is 14.7 Å². The number of piperidine rings is 1. The molecule has 0 radical (unpaired) electrons. The highest BCUT2D eigenvalue weighted by Crippen LogP contribution is 2.27. The van der Waals surface area contributed by atoms with E-state index in [4.69, 9.17) is 9.97 Å². The molecule has 0 atom stereocenters. The highest BCUT2D eigenvalue weighted by atomic mass is 15.3. The molecule has 0 spiro atoms. The SMILES string of the molecule is CC1CCN(c2nc(-c3ccccc3)cc(N3CCN(C)CC3)n2)CC1. The summed E-state index contributed by atoms with van der Waals surface area (Å²) < 4.78 is 0. The fourth-order valence-electron chi connectivity index (χ4n) is 3.73. The largest absolute Gasteiger partial charge is 0.354 e. The van der Waals surface area contributed by atoms with Crippen molar-refractivity contribution in [2.24, 2.45) is 5.92 Å². The van der Waals surface area contributed by atoms with E-state index in [1.165, 1.54) is 12.8 Å². The number of hydrogen-bond donors (Lipinski definition) is 0. The van der Waals surface area contributed by atoms with E-state index in [9.17, 15) is 0 Å². The van der Waals surface area contributed by atoms with Crippen LogP contribution in [0, 0.1) is 5.92 Å². The maximum Gasteiger partial charge on any atom is 0.227 e. The van der Waals surface area contributed by atoms with Crippen LogP contribution < -0.4 is 9.80 Å². The van der Waals surface area contributed by atoms with E-state index in [-0.39, 0.29) is 0 Å². The molecule has 1 aromatic carbocycles. The van der Waals surface area contributed by atoms with Crippen molar-refractivity contribution < 1.29 is 0 Å². The van der Waals surface area contributed by atoms with Crippen LogP contribution in [-0.4, -0.2) is 61.2 Å². The highest BCUT2D eigenvalue weighted by molar-refractivity contribution is 5.65. The Morgan fingerprint density at radius 1 is 0.846 bits per heavy atom. The van der Waals surface area contributed by atoms with Gasteiger partial charge >= 0.3 is 0 Å². The average Bonchev–Trinajstić information content (AvgIpc) is 2.69. The minimum atomic E-state index is 0.806. The zero-order valence-corrected chi connectivity index (χ0v) is 15.9. The first-order valence-corrected chi connectivity index (χ1v) is 9.82. The van der Waals surface area contributed by atoms with E-state index < -0.39 is 0 Å². The molecule has 2 aliphatic rings. The Kier molecular flexibility index (Phi) is 5.07. The van der Waals surface area contributed by atoms with Gasteiger partial charge in [-0.3, -0.25) is 0 Å². The minimum Gasteiger partial charge on any atom is -0.354 e. The molecule has 0 amide bonds. The van der Waals surface area contributed by atoms with Crippen LogP contribution in [0.15, 0.2) is 36.4 Å². The molecule has 2 saturated heterocycles. The lowest BCUT2D eigenvalue weighted by molar-refractivity contribution is 0.312. The number of likely N-dealkylation sites (N-methyl/N-ethyl adjacent to an activating group) is 1. The molecule has 2 fully saturated rings. The Labute approximate surface area is 156 Å². The van der Waals surface area contributed by atoms with Gasteiger partial charge in [-0.15, -0.1) is 0 Å². The van der Waals surface area contributed by atoms with Gasteiger partial charge in [0, 0.05) is 50.9 Å². The van der Waals surface area contributed by atoms with Gasteiger partial charge in [0.25, 0.3) is 0 Å². The summed E-state index contributed by atoms with van der Waals surface area (Å²) in [5.41, 5.74) is 2.19. The van der Waals surface area contributed by atoms with Gasteiger partial charge in [0.1, 0.15) is 5.82 Å². The normalized spacial score (nSPS) is 19.8. The maximum atomic E-state index is 4.98. The van der Waals surface area contributed by atoms with Gasteiger partial charge in [-0.2, -0.15) is 4.98 Å². The summed E-state index contributed by atoms with van der Waals surface area (Å²) in [5.74, 6) is 2.77. The molecule has 138 valence electrons. The topological polar surface area (TPSA) is 35.5 Å². The number of aromatic nitrogens is 2.